The zero-order valence-electron chi connectivity index (χ0n) is 11.4. The van der Waals surface area contributed by atoms with Crippen LogP contribution < -0.4 is 0 Å². The fourth-order valence-electron chi connectivity index (χ4n) is 2.03. The molecule has 0 spiro atoms. The van der Waals surface area contributed by atoms with Crippen LogP contribution in [0.1, 0.15) is 26.0 Å². The molecule has 2 heterocycles. The maximum Gasteiger partial charge on any atom is 0.224 e. The molecule has 2 aromatic rings. The first-order valence-electron chi connectivity index (χ1n) is 6.40. The number of thioether (sulfide) groups is 1. The summed E-state index contributed by atoms with van der Waals surface area (Å²) in [6, 6.07) is 1.96. The lowest BCUT2D eigenvalue weighted by molar-refractivity contribution is 0.259. The normalized spacial score (nSPS) is 11.6. The lowest BCUT2D eigenvalue weighted by Crippen LogP contribution is -2.23. The quantitative estimate of drug-likeness (QED) is 0.461. The maximum absolute atomic E-state index is 5.91. The number of aromatic nitrogens is 2. The molecule has 0 aliphatic carbocycles. The van der Waals surface area contributed by atoms with E-state index in [2.05, 4.69) is 28.7 Å². The van der Waals surface area contributed by atoms with Crippen molar-refractivity contribution in [3.63, 3.8) is 0 Å². The van der Waals surface area contributed by atoms with Crippen LogP contribution in [0.15, 0.2) is 15.5 Å². The van der Waals surface area contributed by atoms with Gasteiger partial charge in [-0.15, -0.1) is 11.8 Å². The van der Waals surface area contributed by atoms with Crippen LogP contribution in [0.4, 0.5) is 0 Å². The molecule has 0 aliphatic heterocycles. The molecule has 0 aliphatic rings. The molecular formula is C13H18ClN3OS. The monoisotopic (exact) mass is 299 g/mol. The predicted octanol–water partition coefficient (Wildman–Crippen LogP) is 3.83. The average molecular weight is 300 g/mol. The zero-order valence-corrected chi connectivity index (χ0v) is 13.0. The first-order chi connectivity index (χ1) is 9.17. The van der Waals surface area contributed by atoms with Crippen LogP contribution in [0, 0.1) is 0 Å². The Morgan fingerprint density at radius 3 is 2.79 bits per heavy atom. The van der Waals surface area contributed by atoms with Gasteiger partial charge in [0.25, 0.3) is 0 Å². The van der Waals surface area contributed by atoms with Crippen molar-refractivity contribution in [2.75, 3.05) is 19.3 Å². The van der Waals surface area contributed by atoms with Crippen LogP contribution in [-0.2, 0) is 6.54 Å². The van der Waals surface area contributed by atoms with E-state index in [4.69, 9.17) is 16.0 Å². The van der Waals surface area contributed by atoms with E-state index in [0.717, 1.165) is 47.9 Å². The van der Waals surface area contributed by atoms with E-state index in [9.17, 15) is 0 Å². The molecule has 0 amide bonds. The third kappa shape index (κ3) is 3.41. The highest BCUT2D eigenvalue weighted by Gasteiger charge is 2.14. The lowest BCUT2D eigenvalue weighted by atomic mass is 10.3. The Balaban J connectivity index is 2.30. The molecule has 104 valence electrons. The van der Waals surface area contributed by atoms with Crippen molar-refractivity contribution in [3.8, 4) is 0 Å². The summed E-state index contributed by atoms with van der Waals surface area (Å²) in [5.41, 5.74) is 1.52. The van der Waals surface area contributed by atoms with E-state index in [-0.39, 0.29) is 5.28 Å². The standard InChI is InChI=1S/C13H18ClN3OS/c1-4-6-17(5-2)8-9-7-10-11(18-9)12(19-3)16-13(14)15-10/h7H,4-6,8H2,1-3H3. The van der Waals surface area contributed by atoms with E-state index in [1.807, 2.05) is 12.3 Å². The van der Waals surface area contributed by atoms with Crippen molar-refractivity contribution in [1.82, 2.24) is 14.9 Å². The van der Waals surface area contributed by atoms with Gasteiger partial charge in [-0.3, -0.25) is 4.90 Å². The third-order valence-electron chi connectivity index (χ3n) is 2.92. The zero-order chi connectivity index (χ0) is 13.8. The first-order valence-corrected chi connectivity index (χ1v) is 8.00. The number of halogens is 1. The van der Waals surface area contributed by atoms with Gasteiger partial charge in [0.2, 0.25) is 5.28 Å². The molecule has 4 nitrogen and oxygen atoms in total. The van der Waals surface area contributed by atoms with Crippen LogP contribution in [0.5, 0.6) is 0 Å². The summed E-state index contributed by atoms with van der Waals surface area (Å²) in [6.45, 7) is 7.20. The molecule has 19 heavy (non-hydrogen) atoms. The minimum atomic E-state index is 0.269. The van der Waals surface area contributed by atoms with Crippen molar-refractivity contribution in [2.45, 2.75) is 31.8 Å². The van der Waals surface area contributed by atoms with Gasteiger partial charge in [-0.25, -0.2) is 9.97 Å². The lowest BCUT2D eigenvalue weighted by Gasteiger charge is -2.17. The highest BCUT2D eigenvalue weighted by molar-refractivity contribution is 7.98. The molecular weight excluding hydrogens is 282 g/mol. The summed E-state index contributed by atoms with van der Waals surface area (Å²) in [6.07, 6.45) is 3.09. The molecule has 0 N–H and O–H groups in total. The number of hydrogen-bond donors (Lipinski definition) is 0. The molecule has 2 rings (SSSR count). The van der Waals surface area contributed by atoms with Crippen LogP contribution in [0.25, 0.3) is 11.1 Å². The highest BCUT2D eigenvalue weighted by atomic mass is 35.5. The van der Waals surface area contributed by atoms with Gasteiger partial charge in [-0.1, -0.05) is 13.8 Å². The van der Waals surface area contributed by atoms with Crippen LogP contribution in [0.3, 0.4) is 0 Å². The molecule has 0 bridgehead atoms. The molecule has 0 aromatic carbocycles. The fourth-order valence-corrected chi connectivity index (χ4v) is 2.76. The van der Waals surface area contributed by atoms with Crippen LogP contribution in [-0.4, -0.2) is 34.2 Å². The number of furan rings is 1. The predicted molar refractivity (Wildman–Crippen MR) is 79.8 cm³/mol. The molecule has 2 aromatic heterocycles. The molecule has 0 atom stereocenters. The van der Waals surface area contributed by atoms with Crippen LogP contribution in [0.2, 0.25) is 5.28 Å². The van der Waals surface area contributed by atoms with Crippen molar-refractivity contribution < 1.29 is 4.42 Å². The minimum absolute atomic E-state index is 0.269. The van der Waals surface area contributed by atoms with Crippen molar-refractivity contribution in [1.29, 1.82) is 0 Å². The summed E-state index contributed by atoms with van der Waals surface area (Å²) in [5.74, 6) is 0.914. The summed E-state index contributed by atoms with van der Waals surface area (Å²) in [5, 5.41) is 1.06. The van der Waals surface area contributed by atoms with Crippen molar-refractivity contribution >= 4 is 34.5 Å². The van der Waals surface area contributed by atoms with E-state index in [1.54, 1.807) is 0 Å². The SMILES string of the molecule is CCCN(CC)Cc1cc2nc(Cl)nc(SC)c2o1. The minimum Gasteiger partial charge on any atom is -0.455 e. The molecule has 0 unspecified atom stereocenters. The second-order valence-corrected chi connectivity index (χ2v) is 5.43. The van der Waals surface area contributed by atoms with E-state index in [0.29, 0.717) is 0 Å². The molecule has 0 radical (unpaired) electrons. The fraction of sp³-hybridized carbons (Fsp3) is 0.538. The van der Waals surface area contributed by atoms with Gasteiger partial charge in [0.05, 0.1) is 6.54 Å². The van der Waals surface area contributed by atoms with Gasteiger partial charge in [-0.05, 0) is 37.4 Å². The van der Waals surface area contributed by atoms with E-state index >= 15 is 0 Å². The Bertz CT molecular complexity index is 558. The summed E-state index contributed by atoms with van der Waals surface area (Å²) >= 11 is 7.42. The Kier molecular flexibility index (Phi) is 5.07. The summed E-state index contributed by atoms with van der Waals surface area (Å²) in [7, 11) is 0. The van der Waals surface area contributed by atoms with E-state index in [1.165, 1.54) is 11.8 Å². The van der Waals surface area contributed by atoms with Gasteiger partial charge in [0, 0.05) is 6.07 Å². The molecule has 0 saturated heterocycles. The average Bonchev–Trinajstić information content (AvgIpc) is 2.79. The van der Waals surface area contributed by atoms with Crippen molar-refractivity contribution in [3.05, 3.63) is 17.1 Å². The van der Waals surface area contributed by atoms with Gasteiger partial charge < -0.3 is 4.42 Å². The van der Waals surface area contributed by atoms with Crippen LogP contribution >= 0.6 is 23.4 Å². The van der Waals surface area contributed by atoms with Gasteiger partial charge in [0.15, 0.2) is 5.58 Å². The van der Waals surface area contributed by atoms with Gasteiger partial charge >= 0.3 is 0 Å². The highest BCUT2D eigenvalue weighted by Crippen LogP contribution is 2.28. The topological polar surface area (TPSA) is 42.2 Å². The van der Waals surface area contributed by atoms with Crippen molar-refractivity contribution in [2.24, 2.45) is 0 Å². The molecule has 0 fully saturated rings. The molecule has 6 heteroatoms. The maximum atomic E-state index is 5.91. The number of hydrogen-bond acceptors (Lipinski definition) is 5. The first kappa shape index (κ1) is 14.6. The second-order valence-electron chi connectivity index (χ2n) is 4.30. The summed E-state index contributed by atoms with van der Waals surface area (Å²) in [4.78, 5) is 10.7. The Labute approximate surface area is 122 Å². The van der Waals surface area contributed by atoms with Gasteiger partial charge in [-0.2, -0.15) is 0 Å². The molecule has 0 saturated carbocycles. The Morgan fingerprint density at radius 1 is 1.37 bits per heavy atom. The van der Waals surface area contributed by atoms with E-state index < -0.39 is 0 Å². The number of fused-ring (bicyclic) bond motifs is 1. The smallest absolute Gasteiger partial charge is 0.224 e. The Hall–Kier alpha value is -0.780. The second kappa shape index (κ2) is 6.59. The largest absolute Gasteiger partial charge is 0.455 e. The Morgan fingerprint density at radius 2 is 2.16 bits per heavy atom. The number of nitrogens with zero attached hydrogens (tertiary/aromatic N) is 3. The third-order valence-corrected chi connectivity index (χ3v) is 3.76. The summed E-state index contributed by atoms with van der Waals surface area (Å²) < 4.78 is 5.88. The van der Waals surface area contributed by atoms with Gasteiger partial charge in [0.1, 0.15) is 16.3 Å². The number of rotatable bonds is 6.